The summed E-state index contributed by atoms with van der Waals surface area (Å²) in [5.41, 5.74) is -4.22. The van der Waals surface area contributed by atoms with Crippen LogP contribution in [-0.4, -0.2) is 43.4 Å². The molecule has 39 heavy (non-hydrogen) atoms. The summed E-state index contributed by atoms with van der Waals surface area (Å²) in [5, 5.41) is 45.9. The van der Waals surface area contributed by atoms with Crippen LogP contribution in [0.25, 0.3) is 0 Å². The molecule has 7 heteroatoms. The minimum atomic E-state index is -2.58. The largest absolute Gasteiger partial charge is 0.511 e. The molecule has 0 bridgehead atoms. The van der Waals surface area contributed by atoms with Gasteiger partial charge in [-0.05, 0) is 61.0 Å². The molecule has 5 rings (SSSR count). The number of benzene rings is 1. The fraction of sp³-hybridized carbons (Fsp3) is 0.594. The number of allylic oxidation sites excluding steroid dienone is 2. The van der Waals surface area contributed by atoms with Gasteiger partial charge in [0.15, 0.2) is 17.2 Å². The Kier molecular flexibility index (Phi) is 6.22. The first kappa shape index (κ1) is 27.6. The Bertz CT molecular complexity index is 1360. The van der Waals surface area contributed by atoms with Gasteiger partial charge in [-0.3, -0.25) is 14.4 Å². The summed E-state index contributed by atoms with van der Waals surface area (Å²) in [6, 6.07) is 3.79. The summed E-state index contributed by atoms with van der Waals surface area (Å²) in [6.07, 6.45) is 4.85. The zero-order chi connectivity index (χ0) is 28.8. The van der Waals surface area contributed by atoms with Gasteiger partial charge in [0, 0.05) is 22.8 Å². The molecule has 1 aromatic carbocycles. The molecule has 0 aliphatic heterocycles. The zero-order valence-corrected chi connectivity index (χ0v) is 23.7. The molecule has 210 valence electrons. The second-order valence-corrected chi connectivity index (χ2v) is 13.2. The average molecular weight is 537 g/mol. The maximum atomic E-state index is 14.2. The number of carbonyl (C=O) groups is 3. The molecule has 0 aromatic heterocycles. The maximum absolute atomic E-state index is 14.2. The van der Waals surface area contributed by atoms with E-state index in [0.29, 0.717) is 29.4 Å². The van der Waals surface area contributed by atoms with Gasteiger partial charge < -0.3 is 20.4 Å². The van der Waals surface area contributed by atoms with E-state index in [0.717, 1.165) is 32.6 Å². The summed E-state index contributed by atoms with van der Waals surface area (Å²) in [4.78, 5) is 40.1. The number of fused-ring (bicyclic) bond motifs is 3. The van der Waals surface area contributed by atoms with Crippen LogP contribution in [0.1, 0.15) is 101 Å². The number of carbonyl (C=O) groups excluding carboxylic acids is 3. The Morgan fingerprint density at radius 3 is 2.21 bits per heavy atom. The highest BCUT2D eigenvalue weighted by Gasteiger charge is 2.71. The third-order valence-corrected chi connectivity index (χ3v) is 11.3. The zero-order valence-electron chi connectivity index (χ0n) is 23.7. The number of phenolic OH excluding ortho intramolecular Hbond substituents is 1. The predicted octanol–water partition coefficient (Wildman–Crippen LogP) is 5.64. The van der Waals surface area contributed by atoms with Crippen LogP contribution in [0.3, 0.4) is 0 Å². The molecule has 0 unspecified atom stereocenters. The van der Waals surface area contributed by atoms with Gasteiger partial charge in [0.05, 0.1) is 5.56 Å². The number of hydrogen-bond acceptors (Lipinski definition) is 7. The molecular formula is C32H40O7. The second-order valence-electron chi connectivity index (χ2n) is 13.2. The molecular weight excluding hydrogens is 496 g/mol. The SMILES string of the molecule is CC(=O)C1=C(O)C[C@@]2(C)[C@H](C)[C@]3(C)C(=C(O)[C@]2(O)C1=O)C(=O)c1c(ccc(CC2CCC(C)CC2)c1O)[C@H]3C. The van der Waals surface area contributed by atoms with Crippen LogP contribution in [0.15, 0.2) is 34.8 Å². The first-order chi connectivity index (χ1) is 18.1. The Balaban J connectivity index is 1.68. The van der Waals surface area contributed by atoms with Crippen molar-refractivity contribution >= 4 is 17.3 Å². The molecule has 4 aliphatic rings. The smallest absolute Gasteiger partial charge is 0.209 e. The van der Waals surface area contributed by atoms with Gasteiger partial charge in [0.1, 0.15) is 22.8 Å². The van der Waals surface area contributed by atoms with Gasteiger partial charge in [-0.15, -0.1) is 0 Å². The lowest BCUT2D eigenvalue weighted by atomic mass is 9.42. The van der Waals surface area contributed by atoms with Gasteiger partial charge in [-0.1, -0.05) is 59.6 Å². The van der Waals surface area contributed by atoms with Gasteiger partial charge in [0.2, 0.25) is 5.78 Å². The molecule has 4 N–H and O–H groups in total. The summed E-state index contributed by atoms with van der Waals surface area (Å²) < 4.78 is 0. The molecule has 7 nitrogen and oxygen atoms in total. The second kappa shape index (κ2) is 8.79. The van der Waals surface area contributed by atoms with Crippen LogP contribution in [0, 0.1) is 28.6 Å². The van der Waals surface area contributed by atoms with Gasteiger partial charge in [-0.25, -0.2) is 0 Å². The molecule has 1 fully saturated rings. The highest BCUT2D eigenvalue weighted by atomic mass is 16.3. The predicted molar refractivity (Wildman–Crippen MR) is 146 cm³/mol. The Labute approximate surface area is 229 Å². The highest BCUT2D eigenvalue weighted by molar-refractivity contribution is 6.25. The van der Waals surface area contributed by atoms with E-state index >= 15 is 0 Å². The number of ketones is 3. The highest BCUT2D eigenvalue weighted by Crippen LogP contribution is 2.68. The standard InChI is InChI=1S/C32H40O7/c1-15-7-9-19(10-8-15)13-20-11-12-21-16(2)31(6)18(4)30(5)14-22(34)23(17(3)33)28(37)32(30,39)29(38)25(31)27(36)24(21)26(20)35/h11-12,15-16,18-19,34-35,38-39H,7-10,13-14H2,1-6H3/t15?,16-,18+,19?,30+,31-,32-/m1/s1. The third-order valence-electron chi connectivity index (χ3n) is 11.3. The van der Waals surface area contributed by atoms with Crippen LogP contribution in [0.5, 0.6) is 5.75 Å². The van der Waals surface area contributed by atoms with Crippen molar-refractivity contribution in [2.45, 2.75) is 91.6 Å². The van der Waals surface area contributed by atoms with E-state index in [9.17, 15) is 34.8 Å². The van der Waals surface area contributed by atoms with E-state index in [1.807, 2.05) is 32.9 Å². The van der Waals surface area contributed by atoms with Crippen molar-refractivity contribution in [3.05, 3.63) is 51.5 Å². The van der Waals surface area contributed by atoms with Crippen molar-refractivity contribution in [2.24, 2.45) is 28.6 Å². The summed E-state index contributed by atoms with van der Waals surface area (Å²) in [5.74, 6) is -3.58. The van der Waals surface area contributed by atoms with E-state index in [2.05, 4.69) is 6.92 Å². The number of aromatic hydroxyl groups is 1. The summed E-state index contributed by atoms with van der Waals surface area (Å²) >= 11 is 0. The molecule has 4 aliphatic carbocycles. The minimum Gasteiger partial charge on any atom is -0.511 e. The number of hydrogen-bond donors (Lipinski definition) is 4. The monoisotopic (exact) mass is 536 g/mol. The van der Waals surface area contributed by atoms with Crippen LogP contribution in [-0.2, 0) is 16.0 Å². The van der Waals surface area contributed by atoms with Crippen LogP contribution in [0.2, 0.25) is 0 Å². The van der Waals surface area contributed by atoms with Crippen molar-refractivity contribution < 1.29 is 34.8 Å². The molecule has 5 atom stereocenters. The minimum absolute atomic E-state index is 0.102. The normalized spacial score (nSPS) is 38.3. The lowest BCUT2D eigenvalue weighted by Gasteiger charge is -2.61. The van der Waals surface area contributed by atoms with Crippen LogP contribution in [0.4, 0.5) is 0 Å². The van der Waals surface area contributed by atoms with Gasteiger partial charge >= 0.3 is 0 Å². The fourth-order valence-electron chi connectivity index (χ4n) is 8.31. The van der Waals surface area contributed by atoms with Crippen molar-refractivity contribution in [2.75, 3.05) is 0 Å². The van der Waals surface area contributed by atoms with Crippen LogP contribution < -0.4 is 0 Å². The number of aliphatic hydroxyl groups excluding tert-OH is 2. The Hall–Kier alpha value is -2.93. The lowest BCUT2D eigenvalue weighted by molar-refractivity contribution is -0.171. The third kappa shape index (κ3) is 3.41. The topological polar surface area (TPSA) is 132 Å². The van der Waals surface area contributed by atoms with Gasteiger partial charge in [0.25, 0.3) is 0 Å². The van der Waals surface area contributed by atoms with Crippen LogP contribution >= 0.6 is 0 Å². The first-order valence-electron chi connectivity index (χ1n) is 14.2. The molecule has 1 saturated carbocycles. The average Bonchev–Trinajstić information content (AvgIpc) is 2.86. The number of Topliss-reactive ketones (excluding diaryl/α,β-unsaturated/α-hetero) is 3. The van der Waals surface area contributed by atoms with Gasteiger partial charge in [-0.2, -0.15) is 0 Å². The molecule has 0 spiro atoms. The Morgan fingerprint density at radius 1 is 1.00 bits per heavy atom. The van der Waals surface area contributed by atoms with Crippen molar-refractivity contribution in [1.29, 1.82) is 0 Å². The maximum Gasteiger partial charge on any atom is 0.209 e. The summed E-state index contributed by atoms with van der Waals surface area (Å²) in [6.45, 7) is 10.5. The van der Waals surface area contributed by atoms with Crippen molar-refractivity contribution in [1.82, 2.24) is 0 Å². The molecule has 0 amide bonds. The lowest BCUT2D eigenvalue weighted by Crippen LogP contribution is -2.67. The molecule has 1 aromatic rings. The van der Waals surface area contributed by atoms with E-state index < -0.39 is 56.8 Å². The molecule has 0 saturated heterocycles. The van der Waals surface area contributed by atoms with Crippen molar-refractivity contribution in [3.8, 4) is 5.75 Å². The van der Waals surface area contributed by atoms with Crippen molar-refractivity contribution in [3.63, 3.8) is 0 Å². The molecule has 0 radical (unpaired) electrons. The van der Waals surface area contributed by atoms with E-state index in [1.54, 1.807) is 6.92 Å². The fourth-order valence-corrected chi connectivity index (χ4v) is 8.31. The van der Waals surface area contributed by atoms with E-state index in [4.69, 9.17) is 0 Å². The number of phenols is 1. The number of aliphatic hydroxyl groups is 3. The number of rotatable bonds is 3. The summed E-state index contributed by atoms with van der Waals surface area (Å²) in [7, 11) is 0. The van der Waals surface area contributed by atoms with E-state index in [1.165, 1.54) is 0 Å². The molecule has 0 heterocycles. The quantitative estimate of drug-likeness (QED) is 0.368. The Morgan fingerprint density at radius 2 is 1.62 bits per heavy atom. The van der Waals surface area contributed by atoms with E-state index in [-0.39, 0.29) is 29.2 Å². The first-order valence-corrected chi connectivity index (χ1v) is 14.2.